The number of hydrogen-bond acceptors (Lipinski definition) is 3. The zero-order chi connectivity index (χ0) is 9.40. The van der Waals surface area contributed by atoms with Crippen LogP contribution < -0.4 is 0 Å². The highest BCUT2D eigenvalue weighted by molar-refractivity contribution is 14.1. The van der Waals surface area contributed by atoms with Gasteiger partial charge in [-0.1, -0.05) is 0 Å². The minimum Gasteiger partial charge on any atom is -0.463 e. The van der Waals surface area contributed by atoms with Crippen molar-refractivity contribution in [3.63, 3.8) is 0 Å². The summed E-state index contributed by atoms with van der Waals surface area (Å²) in [5, 5.41) is 0. The van der Waals surface area contributed by atoms with Crippen LogP contribution in [0.5, 0.6) is 0 Å². The molecule has 12 heavy (non-hydrogen) atoms. The van der Waals surface area contributed by atoms with Crippen molar-refractivity contribution >= 4 is 28.6 Å². The quantitative estimate of drug-likeness (QED) is 0.335. The van der Waals surface area contributed by atoms with Crippen molar-refractivity contribution in [2.45, 2.75) is 18.0 Å². The van der Waals surface area contributed by atoms with Crippen molar-refractivity contribution < 1.29 is 14.3 Å². The number of halogens is 1. The second kappa shape index (κ2) is 7.54. The third-order valence-electron chi connectivity index (χ3n) is 0.996. The first kappa shape index (κ1) is 11.9. The van der Waals surface area contributed by atoms with Crippen LogP contribution in [-0.2, 0) is 14.3 Å². The average Bonchev–Trinajstić information content (AvgIpc) is 2.02. The molecule has 0 saturated carbocycles. The SMILES string of the molecule is CCOC(=O)/C=C/C(I)OCC. The largest absolute Gasteiger partial charge is 0.463 e. The molecule has 0 radical (unpaired) electrons. The Labute approximate surface area is 86.3 Å². The Morgan fingerprint density at radius 2 is 2.17 bits per heavy atom. The van der Waals surface area contributed by atoms with Gasteiger partial charge < -0.3 is 9.47 Å². The van der Waals surface area contributed by atoms with Crippen molar-refractivity contribution in [3.8, 4) is 0 Å². The Balaban J connectivity index is 3.65. The fourth-order valence-electron chi connectivity index (χ4n) is 0.559. The van der Waals surface area contributed by atoms with E-state index in [-0.39, 0.29) is 10.1 Å². The maximum absolute atomic E-state index is 10.8. The molecule has 0 amide bonds. The molecule has 0 aromatic heterocycles. The van der Waals surface area contributed by atoms with E-state index in [1.54, 1.807) is 13.0 Å². The molecule has 0 fully saturated rings. The summed E-state index contributed by atoms with van der Waals surface area (Å²) in [4.78, 5) is 10.8. The molecule has 0 saturated heterocycles. The monoisotopic (exact) mass is 284 g/mol. The molecule has 0 heterocycles. The van der Waals surface area contributed by atoms with E-state index in [1.807, 2.05) is 6.92 Å². The van der Waals surface area contributed by atoms with Crippen LogP contribution in [0.2, 0.25) is 0 Å². The van der Waals surface area contributed by atoms with Gasteiger partial charge in [0.2, 0.25) is 0 Å². The van der Waals surface area contributed by atoms with Crippen molar-refractivity contribution in [2.75, 3.05) is 13.2 Å². The van der Waals surface area contributed by atoms with Gasteiger partial charge in [0.25, 0.3) is 0 Å². The second-order valence-corrected chi connectivity index (χ2v) is 3.15. The van der Waals surface area contributed by atoms with Crippen molar-refractivity contribution in [1.29, 1.82) is 0 Å². The summed E-state index contributed by atoms with van der Waals surface area (Å²) in [5.41, 5.74) is 0. The van der Waals surface area contributed by atoms with Crippen molar-refractivity contribution in [2.24, 2.45) is 0 Å². The van der Waals surface area contributed by atoms with Crippen LogP contribution in [0.15, 0.2) is 12.2 Å². The van der Waals surface area contributed by atoms with E-state index < -0.39 is 0 Å². The molecule has 0 spiro atoms. The van der Waals surface area contributed by atoms with E-state index in [9.17, 15) is 4.79 Å². The van der Waals surface area contributed by atoms with Gasteiger partial charge in [-0.2, -0.15) is 0 Å². The smallest absolute Gasteiger partial charge is 0.330 e. The van der Waals surface area contributed by atoms with Gasteiger partial charge in [-0.25, -0.2) is 4.79 Å². The Morgan fingerprint density at radius 1 is 1.50 bits per heavy atom. The number of esters is 1. The Hall–Kier alpha value is -0.100. The van der Waals surface area contributed by atoms with Gasteiger partial charge in [0.15, 0.2) is 0 Å². The number of rotatable bonds is 5. The number of carbonyl (C=O) groups is 1. The third-order valence-corrected chi connectivity index (χ3v) is 1.77. The first-order valence-electron chi connectivity index (χ1n) is 3.81. The standard InChI is InChI=1S/C8H13IO3/c1-3-11-7(9)5-6-8(10)12-4-2/h5-7H,3-4H2,1-2H3/b6-5+. The van der Waals surface area contributed by atoms with Crippen LogP contribution >= 0.6 is 22.6 Å². The normalized spacial score (nSPS) is 13.2. The lowest BCUT2D eigenvalue weighted by molar-refractivity contribution is -0.137. The van der Waals surface area contributed by atoms with Crippen LogP contribution in [0, 0.1) is 0 Å². The van der Waals surface area contributed by atoms with E-state index in [0.29, 0.717) is 13.2 Å². The first-order chi connectivity index (χ1) is 5.70. The minimum atomic E-state index is -0.320. The summed E-state index contributed by atoms with van der Waals surface area (Å²) >= 11 is 2.09. The fourth-order valence-corrected chi connectivity index (χ4v) is 1.13. The number of ether oxygens (including phenoxy) is 2. The zero-order valence-corrected chi connectivity index (χ0v) is 9.41. The molecule has 3 nitrogen and oxygen atoms in total. The predicted molar refractivity (Wildman–Crippen MR) is 55.2 cm³/mol. The molecule has 0 rings (SSSR count). The topological polar surface area (TPSA) is 35.5 Å². The van der Waals surface area contributed by atoms with Gasteiger partial charge in [0.05, 0.1) is 6.61 Å². The van der Waals surface area contributed by atoms with Gasteiger partial charge in [-0.15, -0.1) is 0 Å². The third kappa shape index (κ3) is 6.60. The molecule has 0 aliphatic heterocycles. The van der Waals surface area contributed by atoms with Crippen LogP contribution in [0.3, 0.4) is 0 Å². The van der Waals surface area contributed by atoms with Crippen LogP contribution in [0.1, 0.15) is 13.8 Å². The number of hydrogen-bond donors (Lipinski definition) is 0. The Kier molecular flexibility index (Phi) is 7.48. The minimum absolute atomic E-state index is 0.0583. The lowest BCUT2D eigenvalue weighted by Gasteiger charge is -2.02. The number of carbonyl (C=O) groups excluding carboxylic acids is 1. The molecule has 70 valence electrons. The van der Waals surface area contributed by atoms with Gasteiger partial charge in [-0.05, 0) is 42.5 Å². The first-order valence-corrected chi connectivity index (χ1v) is 5.05. The van der Waals surface area contributed by atoms with Gasteiger partial charge >= 0.3 is 5.97 Å². The Bertz CT molecular complexity index is 156. The fraction of sp³-hybridized carbons (Fsp3) is 0.625. The van der Waals surface area contributed by atoms with Gasteiger partial charge in [-0.3, -0.25) is 0 Å². The molecule has 0 bridgehead atoms. The molecule has 1 atom stereocenters. The molecule has 1 unspecified atom stereocenters. The summed E-state index contributed by atoms with van der Waals surface area (Å²) in [6.45, 7) is 4.73. The van der Waals surface area contributed by atoms with Gasteiger partial charge in [0, 0.05) is 12.7 Å². The van der Waals surface area contributed by atoms with Crippen LogP contribution in [0.25, 0.3) is 0 Å². The lowest BCUT2D eigenvalue weighted by atomic mass is 10.5. The maximum Gasteiger partial charge on any atom is 0.330 e. The summed E-state index contributed by atoms with van der Waals surface area (Å²) in [7, 11) is 0. The van der Waals surface area contributed by atoms with E-state index in [0.717, 1.165) is 0 Å². The summed E-state index contributed by atoms with van der Waals surface area (Å²) in [5.74, 6) is -0.320. The highest BCUT2D eigenvalue weighted by Crippen LogP contribution is 2.03. The van der Waals surface area contributed by atoms with Crippen molar-refractivity contribution in [1.82, 2.24) is 0 Å². The highest BCUT2D eigenvalue weighted by Gasteiger charge is 1.98. The van der Waals surface area contributed by atoms with Gasteiger partial charge in [0.1, 0.15) is 4.11 Å². The van der Waals surface area contributed by atoms with E-state index in [1.165, 1.54) is 6.08 Å². The highest BCUT2D eigenvalue weighted by atomic mass is 127. The predicted octanol–water partition coefficient (Wildman–Crippen LogP) is 1.90. The molecular formula is C8H13IO3. The van der Waals surface area contributed by atoms with E-state index in [2.05, 4.69) is 27.3 Å². The molecule has 0 aromatic rings. The average molecular weight is 284 g/mol. The molecular weight excluding hydrogens is 271 g/mol. The summed E-state index contributed by atoms with van der Waals surface area (Å²) < 4.78 is 9.79. The molecule has 0 N–H and O–H groups in total. The number of alkyl halides is 1. The summed E-state index contributed by atoms with van der Waals surface area (Å²) in [6.07, 6.45) is 3.05. The Morgan fingerprint density at radius 3 is 2.67 bits per heavy atom. The van der Waals surface area contributed by atoms with Crippen LogP contribution in [-0.4, -0.2) is 23.3 Å². The van der Waals surface area contributed by atoms with E-state index in [4.69, 9.17) is 4.74 Å². The van der Waals surface area contributed by atoms with Crippen LogP contribution in [0.4, 0.5) is 0 Å². The summed E-state index contributed by atoms with van der Waals surface area (Å²) in [6, 6.07) is 0. The second-order valence-electron chi connectivity index (χ2n) is 1.92. The van der Waals surface area contributed by atoms with Crippen molar-refractivity contribution in [3.05, 3.63) is 12.2 Å². The molecule has 0 aliphatic rings. The lowest BCUT2D eigenvalue weighted by Crippen LogP contribution is -2.03. The molecule has 0 aliphatic carbocycles. The maximum atomic E-state index is 10.8. The van der Waals surface area contributed by atoms with E-state index >= 15 is 0 Å². The molecule has 4 heteroatoms. The molecule has 0 aromatic carbocycles. The zero-order valence-electron chi connectivity index (χ0n) is 7.25.